The normalized spacial score (nSPS) is 10.8. The molecule has 0 saturated heterocycles. The second kappa shape index (κ2) is 8.61. The Hall–Kier alpha value is -2.97. The van der Waals surface area contributed by atoms with Gasteiger partial charge >= 0.3 is 5.97 Å². The Labute approximate surface area is 144 Å². The number of benzene rings is 2. The van der Waals surface area contributed by atoms with Crippen molar-refractivity contribution in [3.05, 3.63) is 64.7 Å². The van der Waals surface area contributed by atoms with Gasteiger partial charge in [-0.2, -0.15) is 5.26 Å². The number of rotatable bonds is 7. The molecule has 2 aromatic carbocycles. The summed E-state index contributed by atoms with van der Waals surface area (Å²) in [4.78, 5) is 10.9. The number of carboxylic acid groups (broad SMARTS) is 1. The van der Waals surface area contributed by atoms with Crippen LogP contribution in [0.15, 0.2) is 54.1 Å². The van der Waals surface area contributed by atoms with Gasteiger partial charge < -0.3 is 14.6 Å². The van der Waals surface area contributed by atoms with Crippen molar-refractivity contribution >= 4 is 23.6 Å². The number of hydrogen-bond donors (Lipinski definition) is 1. The van der Waals surface area contributed by atoms with Gasteiger partial charge in [-0.1, -0.05) is 41.9 Å². The van der Waals surface area contributed by atoms with Gasteiger partial charge in [0.25, 0.3) is 0 Å². The fourth-order valence-corrected chi connectivity index (χ4v) is 2.08. The first-order valence-corrected chi connectivity index (χ1v) is 7.44. The molecule has 6 heteroatoms. The molecule has 0 fully saturated rings. The summed E-state index contributed by atoms with van der Waals surface area (Å²) >= 11 is 5.99. The molecule has 1 N–H and O–H groups in total. The summed E-state index contributed by atoms with van der Waals surface area (Å²) in [6, 6.07) is 15.6. The summed E-state index contributed by atoms with van der Waals surface area (Å²) in [5.41, 5.74) is 0.146. The van der Waals surface area contributed by atoms with Gasteiger partial charge in [-0.25, -0.2) is 4.79 Å². The standard InChI is InChI=1S/C18H14ClNO4/c19-15-6-2-4-8-17(15)24-10-9-23-16-7-3-1-5-13(16)11-14(12-20)18(21)22/h1-8,11H,9-10H2,(H,21,22). The highest BCUT2D eigenvalue weighted by Gasteiger charge is 2.08. The van der Waals surface area contributed by atoms with Crippen LogP contribution < -0.4 is 9.47 Å². The molecule has 2 aromatic rings. The van der Waals surface area contributed by atoms with Crippen LogP contribution in [0.1, 0.15) is 5.56 Å². The molecule has 0 unspecified atom stereocenters. The van der Waals surface area contributed by atoms with Gasteiger partial charge in [0.2, 0.25) is 0 Å². The second-order valence-corrected chi connectivity index (χ2v) is 5.05. The molecule has 24 heavy (non-hydrogen) atoms. The number of halogens is 1. The Balaban J connectivity index is 2.00. The quantitative estimate of drug-likeness (QED) is 0.470. The summed E-state index contributed by atoms with van der Waals surface area (Å²) in [6.07, 6.45) is 1.27. The molecule has 0 aliphatic heterocycles. The minimum Gasteiger partial charge on any atom is -0.489 e. The maximum absolute atomic E-state index is 10.9. The number of carbonyl (C=O) groups is 1. The maximum atomic E-state index is 10.9. The number of para-hydroxylation sites is 2. The third-order valence-electron chi connectivity index (χ3n) is 3.00. The SMILES string of the molecule is N#CC(=Cc1ccccc1OCCOc1ccccc1Cl)C(=O)O. The van der Waals surface area contributed by atoms with Crippen molar-refractivity contribution in [3.63, 3.8) is 0 Å². The van der Waals surface area contributed by atoms with Gasteiger partial charge in [0.05, 0.1) is 5.02 Å². The first-order chi connectivity index (χ1) is 11.6. The summed E-state index contributed by atoms with van der Waals surface area (Å²) in [7, 11) is 0. The van der Waals surface area contributed by atoms with E-state index >= 15 is 0 Å². The Morgan fingerprint density at radius 1 is 1.08 bits per heavy atom. The highest BCUT2D eigenvalue weighted by molar-refractivity contribution is 6.32. The Bertz CT molecular complexity index is 796. The van der Waals surface area contributed by atoms with E-state index in [1.54, 1.807) is 42.5 Å². The molecule has 122 valence electrons. The third-order valence-corrected chi connectivity index (χ3v) is 3.32. The topological polar surface area (TPSA) is 79.5 Å². The number of ether oxygens (including phenoxy) is 2. The number of hydrogen-bond acceptors (Lipinski definition) is 4. The minimum absolute atomic E-state index is 0.241. The van der Waals surface area contributed by atoms with E-state index in [0.717, 1.165) is 0 Å². The van der Waals surface area contributed by atoms with Crippen LogP contribution in [-0.2, 0) is 4.79 Å². The number of carboxylic acids is 1. The van der Waals surface area contributed by atoms with Gasteiger partial charge in [-0.3, -0.25) is 0 Å². The lowest BCUT2D eigenvalue weighted by atomic mass is 10.1. The van der Waals surface area contributed by atoms with Crippen molar-refractivity contribution in [3.8, 4) is 17.6 Å². The van der Waals surface area contributed by atoms with E-state index in [1.807, 2.05) is 12.1 Å². The number of nitrogens with zero attached hydrogens (tertiary/aromatic N) is 1. The van der Waals surface area contributed by atoms with E-state index in [9.17, 15) is 4.79 Å². The average Bonchev–Trinajstić information content (AvgIpc) is 2.58. The van der Waals surface area contributed by atoms with Gasteiger partial charge in [-0.15, -0.1) is 0 Å². The molecule has 5 nitrogen and oxygen atoms in total. The lowest BCUT2D eigenvalue weighted by molar-refractivity contribution is -0.132. The van der Waals surface area contributed by atoms with E-state index < -0.39 is 5.97 Å². The molecule has 0 spiro atoms. The van der Waals surface area contributed by atoms with Crippen molar-refractivity contribution in [1.29, 1.82) is 5.26 Å². The Kier molecular flexibility index (Phi) is 6.23. The van der Waals surface area contributed by atoms with Crippen LogP contribution in [0, 0.1) is 11.3 Å². The zero-order valence-corrected chi connectivity index (χ0v) is 13.4. The fourth-order valence-electron chi connectivity index (χ4n) is 1.89. The zero-order chi connectivity index (χ0) is 17.4. The predicted molar refractivity (Wildman–Crippen MR) is 90.1 cm³/mol. The molecule has 2 rings (SSSR count). The lowest BCUT2D eigenvalue weighted by Gasteiger charge is -2.11. The molecule has 0 aliphatic rings. The monoisotopic (exact) mass is 343 g/mol. The van der Waals surface area contributed by atoms with Crippen molar-refractivity contribution in [2.24, 2.45) is 0 Å². The average molecular weight is 344 g/mol. The molecule has 0 heterocycles. The van der Waals surface area contributed by atoms with E-state index in [1.165, 1.54) is 6.08 Å². The predicted octanol–water partition coefficient (Wildman–Crippen LogP) is 3.79. The summed E-state index contributed by atoms with van der Waals surface area (Å²) < 4.78 is 11.1. The minimum atomic E-state index is -1.28. The van der Waals surface area contributed by atoms with E-state index in [2.05, 4.69) is 0 Å². The van der Waals surface area contributed by atoms with E-state index in [0.29, 0.717) is 22.1 Å². The summed E-state index contributed by atoms with van der Waals surface area (Å²) in [6.45, 7) is 0.511. The Morgan fingerprint density at radius 2 is 1.67 bits per heavy atom. The fraction of sp³-hybridized carbons (Fsp3) is 0.111. The first-order valence-electron chi connectivity index (χ1n) is 7.06. The van der Waals surface area contributed by atoms with Crippen molar-refractivity contribution in [2.75, 3.05) is 13.2 Å². The van der Waals surface area contributed by atoms with Crippen LogP contribution in [0.4, 0.5) is 0 Å². The van der Waals surface area contributed by atoms with Gasteiger partial charge in [-0.05, 0) is 24.3 Å². The molecule has 0 bridgehead atoms. The second-order valence-electron chi connectivity index (χ2n) is 4.64. The van der Waals surface area contributed by atoms with E-state index in [4.69, 9.17) is 31.4 Å². The Morgan fingerprint density at radius 3 is 2.29 bits per heavy atom. The van der Waals surface area contributed by atoms with Gasteiger partial charge in [0, 0.05) is 5.56 Å². The smallest absolute Gasteiger partial charge is 0.346 e. The summed E-state index contributed by atoms with van der Waals surface area (Å²) in [5.74, 6) is -0.253. The van der Waals surface area contributed by atoms with Crippen LogP contribution >= 0.6 is 11.6 Å². The summed E-state index contributed by atoms with van der Waals surface area (Å²) in [5, 5.41) is 18.3. The van der Waals surface area contributed by atoms with Gasteiger partial charge in [0.15, 0.2) is 0 Å². The largest absolute Gasteiger partial charge is 0.489 e. The molecular weight excluding hydrogens is 330 g/mol. The van der Waals surface area contributed by atoms with Crippen LogP contribution in [0.25, 0.3) is 6.08 Å². The van der Waals surface area contributed by atoms with Crippen LogP contribution in [-0.4, -0.2) is 24.3 Å². The zero-order valence-electron chi connectivity index (χ0n) is 12.6. The maximum Gasteiger partial charge on any atom is 0.346 e. The van der Waals surface area contributed by atoms with Gasteiger partial charge in [0.1, 0.15) is 36.4 Å². The molecule has 0 aliphatic carbocycles. The van der Waals surface area contributed by atoms with E-state index in [-0.39, 0.29) is 18.8 Å². The molecule has 0 aromatic heterocycles. The van der Waals surface area contributed by atoms with Crippen molar-refractivity contribution in [1.82, 2.24) is 0 Å². The van der Waals surface area contributed by atoms with Crippen molar-refractivity contribution in [2.45, 2.75) is 0 Å². The van der Waals surface area contributed by atoms with Crippen molar-refractivity contribution < 1.29 is 19.4 Å². The third kappa shape index (κ3) is 4.77. The van der Waals surface area contributed by atoms with Crippen LogP contribution in [0.3, 0.4) is 0 Å². The first kappa shape index (κ1) is 17.4. The molecule has 0 saturated carbocycles. The lowest BCUT2D eigenvalue weighted by Crippen LogP contribution is -2.10. The molecule has 0 radical (unpaired) electrons. The molecule has 0 amide bonds. The molecule has 0 atom stereocenters. The number of nitriles is 1. The molecular formula is C18H14ClNO4. The number of aliphatic carboxylic acids is 1. The van der Waals surface area contributed by atoms with Crippen LogP contribution in [0.2, 0.25) is 5.02 Å². The highest BCUT2D eigenvalue weighted by atomic mass is 35.5. The highest BCUT2D eigenvalue weighted by Crippen LogP contribution is 2.24. The van der Waals surface area contributed by atoms with Crippen LogP contribution in [0.5, 0.6) is 11.5 Å².